The average molecular weight is 235 g/mol. The van der Waals surface area contributed by atoms with Crippen LogP contribution in [0.3, 0.4) is 0 Å². The van der Waals surface area contributed by atoms with E-state index in [0.29, 0.717) is 0 Å². The molecule has 3 nitrogen and oxygen atoms in total. The zero-order valence-corrected chi connectivity index (χ0v) is 11.4. The molecule has 0 radical (unpaired) electrons. The van der Waals surface area contributed by atoms with Gasteiger partial charge in [-0.2, -0.15) is 5.10 Å². The van der Waals surface area contributed by atoms with Crippen LogP contribution in [0.15, 0.2) is 6.07 Å². The van der Waals surface area contributed by atoms with Gasteiger partial charge in [0, 0.05) is 18.3 Å². The van der Waals surface area contributed by atoms with Crippen LogP contribution in [0, 0.1) is 12.8 Å². The Labute approximate surface area is 105 Å². The molecule has 1 aliphatic rings. The van der Waals surface area contributed by atoms with Crippen molar-refractivity contribution in [3.63, 3.8) is 0 Å². The summed E-state index contributed by atoms with van der Waals surface area (Å²) < 4.78 is 2.14. The van der Waals surface area contributed by atoms with E-state index in [0.717, 1.165) is 24.2 Å². The van der Waals surface area contributed by atoms with E-state index in [1.165, 1.54) is 37.8 Å². The molecule has 0 saturated heterocycles. The van der Waals surface area contributed by atoms with Crippen LogP contribution in [0.2, 0.25) is 0 Å². The van der Waals surface area contributed by atoms with Gasteiger partial charge in [-0.15, -0.1) is 0 Å². The van der Waals surface area contributed by atoms with Crippen LogP contribution in [0.1, 0.15) is 44.0 Å². The summed E-state index contributed by atoms with van der Waals surface area (Å²) in [5.74, 6) is 0.956. The maximum absolute atomic E-state index is 4.50. The molecule has 3 heteroatoms. The summed E-state index contributed by atoms with van der Waals surface area (Å²) in [5.41, 5.74) is 2.55. The van der Waals surface area contributed by atoms with Gasteiger partial charge in [-0.3, -0.25) is 4.68 Å². The van der Waals surface area contributed by atoms with Crippen molar-refractivity contribution in [1.82, 2.24) is 15.1 Å². The third-order valence-corrected chi connectivity index (χ3v) is 3.79. The Hall–Kier alpha value is -0.830. The molecule has 1 aliphatic carbocycles. The predicted octanol–water partition coefficient (Wildman–Crippen LogP) is 2.53. The molecule has 2 rings (SSSR count). The summed E-state index contributed by atoms with van der Waals surface area (Å²) in [7, 11) is 2.10. The lowest BCUT2D eigenvalue weighted by Crippen LogP contribution is -2.27. The number of aromatic nitrogens is 2. The minimum absolute atomic E-state index is 0.745. The van der Waals surface area contributed by atoms with Crippen molar-refractivity contribution in [2.24, 2.45) is 5.92 Å². The topological polar surface area (TPSA) is 29.9 Å². The number of rotatable bonds is 7. The third-order valence-electron chi connectivity index (χ3n) is 3.79. The molecule has 0 aromatic carbocycles. The van der Waals surface area contributed by atoms with Gasteiger partial charge in [0.2, 0.25) is 0 Å². The van der Waals surface area contributed by atoms with Gasteiger partial charge in [0.05, 0.1) is 5.69 Å². The van der Waals surface area contributed by atoms with Crippen molar-refractivity contribution in [3.8, 4) is 0 Å². The first-order chi connectivity index (χ1) is 8.24. The summed E-state index contributed by atoms with van der Waals surface area (Å²) in [5, 5.41) is 7.96. The predicted molar refractivity (Wildman–Crippen MR) is 71.1 cm³/mol. The minimum atomic E-state index is 0.745. The highest BCUT2D eigenvalue weighted by Gasteiger charge is 2.29. The number of nitrogens with zero attached hydrogens (tertiary/aromatic N) is 2. The van der Waals surface area contributed by atoms with Gasteiger partial charge in [0.1, 0.15) is 0 Å². The Morgan fingerprint density at radius 3 is 2.88 bits per heavy atom. The molecule has 1 aromatic heterocycles. The van der Waals surface area contributed by atoms with Crippen molar-refractivity contribution in [1.29, 1.82) is 0 Å². The van der Waals surface area contributed by atoms with E-state index in [9.17, 15) is 0 Å². The van der Waals surface area contributed by atoms with E-state index in [4.69, 9.17) is 0 Å². The first-order valence-electron chi connectivity index (χ1n) is 6.95. The molecule has 96 valence electrons. The quantitative estimate of drug-likeness (QED) is 0.787. The van der Waals surface area contributed by atoms with Crippen LogP contribution in [-0.4, -0.2) is 22.9 Å². The highest BCUT2D eigenvalue weighted by molar-refractivity contribution is 5.09. The highest BCUT2D eigenvalue weighted by Crippen LogP contribution is 2.34. The van der Waals surface area contributed by atoms with Crippen molar-refractivity contribution in [3.05, 3.63) is 17.5 Å². The van der Waals surface area contributed by atoms with Gasteiger partial charge >= 0.3 is 0 Å². The zero-order chi connectivity index (χ0) is 12.3. The molecule has 1 fully saturated rings. The van der Waals surface area contributed by atoms with Crippen LogP contribution in [-0.2, 0) is 13.0 Å². The van der Waals surface area contributed by atoms with Crippen LogP contribution in [0.5, 0.6) is 0 Å². The Kier molecular flexibility index (Phi) is 4.21. The fraction of sp³-hybridized carbons (Fsp3) is 0.786. The number of hydrogen-bond acceptors (Lipinski definition) is 2. The van der Waals surface area contributed by atoms with Crippen LogP contribution >= 0.6 is 0 Å². The molecule has 0 bridgehead atoms. The van der Waals surface area contributed by atoms with Crippen LogP contribution in [0.25, 0.3) is 0 Å². The van der Waals surface area contributed by atoms with E-state index in [1.54, 1.807) is 0 Å². The van der Waals surface area contributed by atoms with Crippen molar-refractivity contribution < 1.29 is 0 Å². The molecular formula is C14H25N3. The molecule has 0 spiro atoms. The standard InChI is InChI=1S/C14H25N3/c1-4-17-13(10-11(2)16-17)6-5-7-14(15-3)12-8-9-12/h10,12,14-15H,4-9H2,1-3H3. The van der Waals surface area contributed by atoms with E-state index in [1.807, 2.05) is 0 Å². The van der Waals surface area contributed by atoms with E-state index < -0.39 is 0 Å². The first kappa shape index (κ1) is 12.6. The number of aryl methyl sites for hydroxylation is 3. The van der Waals surface area contributed by atoms with Gasteiger partial charge in [0.25, 0.3) is 0 Å². The van der Waals surface area contributed by atoms with E-state index >= 15 is 0 Å². The molecule has 1 heterocycles. The molecule has 17 heavy (non-hydrogen) atoms. The fourth-order valence-electron chi connectivity index (χ4n) is 2.69. The molecule has 1 aromatic rings. The Morgan fingerprint density at radius 2 is 2.29 bits per heavy atom. The van der Waals surface area contributed by atoms with Crippen molar-refractivity contribution >= 4 is 0 Å². The summed E-state index contributed by atoms with van der Waals surface area (Å²) in [6, 6.07) is 2.98. The molecule has 1 saturated carbocycles. The van der Waals surface area contributed by atoms with Crippen LogP contribution in [0.4, 0.5) is 0 Å². The van der Waals surface area contributed by atoms with Crippen LogP contribution < -0.4 is 5.32 Å². The van der Waals surface area contributed by atoms with Gasteiger partial charge in [-0.25, -0.2) is 0 Å². The maximum Gasteiger partial charge on any atom is 0.0596 e. The molecular weight excluding hydrogens is 210 g/mol. The Bertz CT molecular complexity index is 352. The lowest BCUT2D eigenvalue weighted by molar-refractivity contribution is 0.452. The van der Waals surface area contributed by atoms with Crippen molar-refractivity contribution in [2.75, 3.05) is 7.05 Å². The third kappa shape index (κ3) is 3.32. The maximum atomic E-state index is 4.50. The van der Waals surface area contributed by atoms with Crippen molar-refractivity contribution in [2.45, 2.75) is 58.5 Å². The van der Waals surface area contributed by atoms with Gasteiger partial charge < -0.3 is 5.32 Å². The van der Waals surface area contributed by atoms with Gasteiger partial charge in [0.15, 0.2) is 0 Å². The number of hydrogen-bond donors (Lipinski definition) is 1. The summed E-state index contributed by atoms with van der Waals surface area (Å²) in [6.45, 7) is 5.23. The minimum Gasteiger partial charge on any atom is -0.317 e. The monoisotopic (exact) mass is 235 g/mol. The van der Waals surface area contributed by atoms with E-state index in [2.05, 4.69) is 42.1 Å². The second-order valence-electron chi connectivity index (χ2n) is 5.22. The second kappa shape index (κ2) is 5.67. The smallest absolute Gasteiger partial charge is 0.0596 e. The fourth-order valence-corrected chi connectivity index (χ4v) is 2.69. The lowest BCUT2D eigenvalue weighted by atomic mass is 10.0. The summed E-state index contributed by atoms with van der Waals surface area (Å²) >= 11 is 0. The largest absolute Gasteiger partial charge is 0.317 e. The molecule has 1 atom stereocenters. The second-order valence-corrected chi connectivity index (χ2v) is 5.22. The molecule has 0 aliphatic heterocycles. The Balaban J connectivity index is 1.80. The molecule has 1 N–H and O–H groups in total. The highest BCUT2D eigenvalue weighted by atomic mass is 15.3. The first-order valence-corrected chi connectivity index (χ1v) is 6.95. The average Bonchev–Trinajstić information content (AvgIpc) is 3.09. The zero-order valence-electron chi connectivity index (χ0n) is 11.4. The number of nitrogens with one attached hydrogen (secondary N) is 1. The summed E-state index contributed by atoms with van der Waals surface area (Å²) in [4.78, 5) is 0. The molecule has 1 unspecified atom stereocenters. The van der Waals surface area contributed by atoms with Gasteiger partial charge in [-0.05, 0) is 65.0 Å². The SMILES string of the molecule is CCn1nc(C)cc1CCCC(NC)C1CC1. The van der Waals surface area contributed by atoms with E-state index in [-0.39, 0.29) is 0 Å². The molecule has 0 amide bonds. The van der Waals surface area contributed by atoms with Gasteiger partial charge in [-0.1, -0.05) is 0 Å². The Morgan fingerprint density at radius 1 is 1.53 bits per heavy atom. The summed E-state index contributed by atoms with van der Waals surface area (Å²) in [6.07, 6.45) is 6.59. The normalized spacial score (nSPS) is 17.4. The lowest BCUT2D eigenvalue weighted by Gasteiger charge is -2.14.